The van der Waals surface area contributed by atoms with Crippen LogP contribution < -0.4 is 5.32 Å². The molecule has 1 saturated heterocycles. The van der Waals surface area contributed by atoms with Crippen LogP contribution in [0.25, 0.3) is 0 Å². The average Bonchev–Trinajstić information content (AvgIpc) is 2.94. The van der Waals surface area contributed by atoms with Crippen molar-refractivity contribution < 1.29 is 0 Å². The molecule has 0 saturated carbocycles. The average molecular weight is 499 g/mol. The molecule has 3 rings (SSSR count). The minimum absolute atomic E-state index is 0. The molecule has 1 N–H and O–H groups in total. The van der Waals surface area contributed by atoms with Crippen LogP contribution in [0, 0.1) is 20.8 Å². The van der Waals surface area contributed by atoms with Crippen LogP contribution in [0.1, 0.15) is 26.7 Å². The van der Waals surface area contributed by atoms with Gasteiger partial charge in [0.05, 0.1) is 17.2 Å². The zero-order valence-corrected chi connectivity index (χ0v) is 19.8. The molecule has 1 fully saturated rings. The maximum atomic E-state index is 4.50. The third kappa shape index (κ3) is 6.15. The fourth-order valence-corrected chi connectivity index (χ4v) is 4.29. The van der Waals surface area contributed by atoms with Gasteiger partial charge in [-0.2, -0.15) is 0 Å². The van der Waals surface area contributed by atoms with E-state index in [1.165, 1.54) is 16.0 Å². The Morgan fingerprint density at radius 1 is 1.19 bits per heavy atom. The van der Waals surface area contributed by atoms with Gasteiger partial charge in [0.15, 0.2) is 5.96 Å². The molecule has 0 unspecified atom stereocenters. The van der Waals surface area contributed by atoms with Crippen LogP contribution in [0.15, 0.2) is 29.3 Å². The van der Waals surface area contributed by atoms with E-state index in [-0.39, 0.29) is 24.0 Å². The van der Waals surface area contributed by atoms with E-state index in [9.17, 15) is 0 Å². The Morgan fingerprint density at radius 2 is 1.93 bits per heavy atom. The van der Waals surface area contributed by atoms with Crippen LogP contribution in [0.3, 0.4) is 0 Å². The van der Waals surface area contributed by atoms with Gasteiger partial charge < -0.3 is 10.2 Å². The van der Waals surface area contributed by atoms with Crippen LogP contribution in [0.4, 0.5) is 0 Å². The van der Waals surface area contributed by atoms with Crippen LogP contribution in [-0.4, -0.2) is 54.0 Å². The van der Waals surface area contributed by atoms with Gasteiger partial charge in [0.2, 0.25) is 0 Å². The molecular formula is C20H30IN5S. The Balaban J connectivity index is 0.00000261. The number of thiazole rings is 1. The highest BCUT2D eigenvalue weighted by molar-refractivity contribution is 14.0. The summed E-state index contributed by atoms with van der Waals surface area (Å²) in [5.41, 5.74) is 3.86. The quantitative estimate of drug-likeness (QED) is 0.397. The summed E-state index contributed by atoms with van der Waals surface area (Å²) in [5.74, 6) is 0.991. The van der Waals surface area contributed by atoms with Crippen molar-refractivity contribution in [3.8, 4) is 0 Å². The lowest BCUT2D eigenvalue weighted by Crippen LogP contribution is -2.52. The number of rotatable bonds is 4. The first-order valence-electron chi connectivity index (χ1n) is 9.21. The van der Waals surface area contributed by atoms with Crippen molar-refractivity contribution in [3.63, 3.8) is 0 Å². The van der Waals surface area contributed by atoms with Crippen molar-refractivity contribution in [3.05, 3.63) is 51.0 Å². The number of guanidine groups is 1. The van der Waals surface area contributed by atoms with Gasteiger partial charge in [-0.05, 0) is 26.3 Å². The summed E-state index contributed by atoms with van der Waals surface area (Å²) in [7, 11) is 1.87. The smallest absolute Gasteiger partial charge is 0.194 e. The van der Waals surface area contributed by atoms with Crippen molar-refractivity contribution >= 4 is 41.3 Å². The molecule has 148 valence electrons. The molecule has 2 heterocycles. The summed E-state index contributed by atoms with van der Waals surface area (Å²) in [6, 6.07) is 8.81. The van der Waals surface area contributed by atoms with Gasteiger partial charge in [0.25, 0.3) is 0 Å². The standard InChI is InChI=1S/C20H29N5S.HI/c1-15-6-5-7-18(12-15)14-24-8-10-25(11-9-24)20(21-4)22-13-19-16(2)23-17(3)26-19;/h5-7,12H,8-11,13-14H2,1-4H3,(H,21,22);1H. The van der Waals surface area contributed by atoms with Gasteiger partial charge in [0.1, 0.15) is 0 Å². The molecule has 5 nitrogen and oxygen atoms in total. The molecule has 2 aromatic rings. The zero-order valence-electron chi connectivity index (χ0n) is 16.7. The molecule has 27 heavy (non-hydrogen) atoms. The topological polar surface area (TPSA) is 43.8 Å². The maximum absolute atomic E-state index is 4.50. The number of aromatic nitrogens is 1. The van der Waals surface area contributed by atoms with Gasteiger partial charge in [-0.15, -0.1) is 35.3 Å². The molecule has 0 bridgehead atoms. The van der Waals surface area contributed by atoms with Crippen molar-refractivity contribution in [2.45, 2.75) is 33.9 Å². The molecule has 7 heteroatoms. The number of benzene rings is 1. The number of hydrogen-bond acceptors (Lipinski definition) is 4. The van der Waals surface area contributed by atoms with Crippen molar-refractivity contribution in [2.24, 2.45) is 4.99 Å². The van der Waals surface area contributed by atoms with E-state index < -0.39 is 0 Å². The summed E-state index contributed by atoms with van der Waals surface area (Å²) in [6.45, 7) is 12.3. The third-order valence-electron chi connectivity index (χ3n) is 4.78. The second kappa shape index (κ2) is 10.4. The predicted molar refractivity (Wildman–Crippen MR) is 125 cm³/mol. The first-order chi connectivity index (χ1) is 12.5. The number of aryl methyl sites for hydroxylation is 3. The second-order valence-electron chi connectivity index (χ2n) is 6.89. The molecular weight excluding hydrogens is 469 g/mol. The molecule has 1 aliphatic heterocycles. The molecule has 0 radical (unpaired) electrons. The van der Waals surface area contributed by atoms with E-state index in [4.69, 9.17) is 0 Å². The normalized spacial score (nSPS) is 15.6. The van der Waals surface area contributed by atoms with Gasteiger partial charge in [-0.25, -0.2) is 4.98 Å². The fourth-order valence-electron chi connectivity index (χ4n) is 3.42. The third-order valence-corrected chi connectivity index (χ3v) is 5.85. The number of halogens is 1. The van der Waals surface area contributed by atoms with Gasteiger partial charge in [-0.1, -0.05) is 29.8 Å². The molecule has 1 aromatic carbocycles. The SMILES string of the molecule is CN=C(NCc1sc(C)nc1C)N1CCN(Cc2cccc(C)c2)CC1.I. The number of nitrogens with zero attached hydrogens (tertiary/aromatic N) is 4. The Hall–Kier alpha value is -1.19. The van der Waals surface area contributed by atoms with E-state index in [0.717, 1.165) is 55.9 Å². The zero-order chi connectivity index (χ0) is 18.5. The van der Waals surface area contributed by atoms with Crippen molar-refractivity contribution in [1.29, 1.82) is 0 Å². The molecule has 0 aliphatic carbocycles. The van der Waals surface area contributed by atoms with Crippen LogP contribution in [-0.2, 0) is 13.1 Å². The summed E-state index contributed by atoms with van der Waals surface area (Å²) >= 11 is 1.76. The minimum Gasteiger partial charge on any atom is -0.351 e. The first kappa shape index (κ1) is 22.1. The lowest BCUT2D eigenvalue weighted by Gasteiger charge is -2.36. The highest BCUT2D eigenvalue weighted by Crippen LogP contribution is 2.17. The largest absolute Gasteiger partial charge is 0.351 e. The van der Waals surface area contributed by atoms with E-state index in [1.807, 2.05) is 7.05 Å². The highest BCUT2D eigenvalue weighted by atomic mass is 127. The minimum atomic E-state index is 0. The molecule has 0 amide bonds. The molecule has 0 atom stereocenters. The van der Waals surface area contributed by atoms with Crippen molar-refractivity contribution in [1.82, 2.24) is 20.1 Å². The first-order valence-corrected chi connectivity index (χ1v) is 10.0. The lowest BCUT2D eigenvalue weighted by molar-refractivity contribution is 0.172. The number of aliphatic imine (C=N–C) groups is 1. The highest BCUT2D eigenvalue weighted by Gasteiger charge is 2.20. The lowest BCUT2D eigenvalue weighted by atomic mass is 10.1. The van der Waals surface area contributed by atoms with E-state index in [0.29, 0.717) is 0 Å². The van der Waals surface area contributed by atoms with Crippen LogP contribution in [0.2, 0.25) is 0 Å². The fraction of sp³-hybridized carbons (Fsp3) is 0.500. The molecule has 0 spiro atoms. The van der Waals surface area contributed by atoms with E-state index >= 15 is 0 Å². The Kier molecular flexibility index (Phi) is 8.50. The number of nitrogens with one attached hydrogen (secondary N) is 1. The molecule has 1 aliphatic rings. The Morgan fingerprint density at radius 3 is 2.52 bits per heavy atom. The number of hydrogen-bond donors (Lipinski definition) is 1. The number of piperazine rings is 1. The van der Waals surface area contributed by atoms with Gasteiger partial charge in [-0.3, -0.25) is 9.89 Å². The second-order valence-corrected chi connectivity index (χ2v) is 8.18. The van der Waals surface area contributed by atoms with Gasteiger partial charge >= 0.3 is 0 Å². The summed E-state index contributed by atoms with van der Waals surface area (Å²) < 4.78 is 0. The Labute approximate surface area is 183 Å². The predicted octanol–water partition coefficient (Wildman–Crippen LogP) is 3.58. The molecule has 1 aromatic heterocycles. The Bertz CT molecular complexity index is 765. The summed E-state index contributed by atoms with van der Waals surface area (Å²) in [5, 5.41) is 4.63. The summed E-state index contributed by atoms with van der Waals surface area (Å²) in [6.07, 6.45) is 0. The van der Waals surface area contributed by atoms with Crippen LogP contribution >= 0.6 is 35.3 Å². The van der Waals surface area contributed by atoms with E-state index in [1.54, 1.807) is 11.3 Å². The van der Waals surface area contributed by atoms with Crippen molar-refractivity contribution in [2.75, 3.05) is 33.2 Å². The van der Waals surface area contributed by atoms with Crippen LogP contribution in [0.5, 0.6) is 0 Å². The van der Waals surface area contributed by atoms with Gasteiger partial charge in [0, 0.05) is 44.6 Å². The maximum Gasteiger partial charge on any atom is 0.194 e. The monoisotopic (exact) mass is 499 g/mol. The summed E-state index contributed by atoms with van der Waals surface area (Å²) in [4.78, 5) is 15.2. The van der Waals surface area contributed by atoms with E-state index in [2.05, 4.69) is 70.1 Å².